The van der Waals surface area contributed by atoms with E-state index in [2.05, 4.69) is 210 Å². The Bertz CT molecular complexity index is 2970. The van der Waals surface area contributed by atoms with Gasteiger partial charge in [-0.3, -0.25) is 0 Å². The Labute approximate surface area is 334 Å². The van der Waals surface area contributed by atoms with E-state index in [1.165, 1.54) is 97.9 Å². The molecule has 0 saturated heterocycles. The van der Waals surface area contributed by atoms with E-state index in [0.717, 1.165) is 11.4 Å². The molecular formula is C52H42BN2S. The molecule has 1 aliphatic heterocycles. The maximum absolute atomic E-state index is 3.88. The fourth-order valence-corrected chi connectivity index (χ4v) is 9.67. The summed E-state index contributed by atoms with van der Waals surface area (Å²) in [7, 11) is 2.44. The lowest BCUT2D eigenvalue weighted by Gasteiger charge is -2.36. The van der Waals surface area contributed by atoms with Gasteiger partial charge in [0.1, 0.15) is 0 Å². The van der Waals surface area contributed by atoms with E-state index in [1.807, 2.05) is 11.3 Å². The van der Waals surface area contributed by atoms with Crippen LogP contribution in [0.15, 0.2) is 158 Å². The van der Waals surface area contributed by atoms with E-state index in [0.29, 0.717) is 0 Å². The van der Waals surface area contributed by atoms with Gasteiger partial charge >= 0.3 is 0 Å². The first-order valence-corrected chi connectivity index (χ1v) is 20.3. The summed E-state index contributed by atoms with van der Waals surface area (Å²) in [4.78, 5) is 2.53. The first-order chi connectivity index (χ1) is 27.2. The molecule has 4 heteroatoms. The van der Waals surface area contributed by atoms with E-state index in [4.69, 9.17) is 0 Å². The molecule has 0 saturated carbocycles. The van der Waals surface area contributed by atoms with Gasteiger partial charge in [0.25, 0.3) is 0 Å². The third-order valence-electron chi connectivity index (χ3n) is 11.4. The Hall–Kier alpha value is -6.10. The van der Waals surface area contributed by atoms with Crippen molar-refractivity contribution in [3.05, 3.63) is 174 Å². The second-order valence-electron chi connectivity index (χ2n) is 16.3. The first-order valence-electron chi connectivity index (χ1n) is 19.5. The van der Waals surface area contributed by atoms with Crippen LogP contribution >= 0.6 is 11.3 Å². The first kappa shape index (κ1) is 34.4. The quantitative estimate of drug-likeness (QED) is 0.177. The number of nitrogens with zero attached hydrogens (tertiary/aromatic N) is 1. The van der Waals surface area contributed by atoms with Gasteiger partial charge in [-0.25, -0.2) is 0 Å². The summed E-state index contributed by atoms with van der Waals surface area (Å²) in [6.45, 7) is 11.3. The Morgan fingerprint density at radius 2 is 1.32 bits per heavy atom. The Balaban J connectivity index is 1.21. The van der Waals surface area contributed by atoms with Crippen molar-refractivity contribution < 1.29 is 0 Å². The van der Waals surface area contributed by atoms with E-state index in [1.54, 1.807) is 0 Å². The average Bonchev–Trinajstić information content (AvgIpc) is 3.57. The van der Waals surface area contributed by atoms with Crippen molar-refractivity contribution in [3.63, 3.8) is 0 Å². The van der Waals surface area contributed by atoms with Gasteiger partial charge in [0.05, 0.1) is 0 Å². The van der Waals surface area contributed by atoms with E-state index >= 15 is 0 Å². The van der Waals surface area contributed by atoms with E-state index in [9.17, 15) is 0 Å². The van der Waals surface area contributed by atoms with Crippen molar-refractivity contribution in [1.29, 1.82) is 0 Å². The third kappa shape index (κ3) is 5.88. The van der Waals surface area contributed by atoms with Crippen molar-refractivity contribution in [3.8, 4) is 22.3 Å². The van der Waals surface area contributed by atoms with Gasteiger partial charge in [0, 0.05) is 48.8 Å². The zero-order valence-corrected chi connectivity index (χ0v) is 33.3. The molecule has 56 heavy (non-hydrogen) atoms. The molecule has 269 valence electrons. The number of fused-ring (bicyclic) bond motifs is 6. The Morgan fingerprint density at radius 3 is 2.11 bits per heavy atom. The fourth-order valence-electron chi connectivity index (χ4n) is 8.54. The number of hydrogen-bond donors (Lipinski definition) is 1. The second-order valence-corrected chi connectivity index (χ2v) is 17.3. The minimum Gasteiger partial charge on any atom is -0.355 e. The van der Waals surface area contributed by atoms with Crippen LogP contribution in [0.2, 0.25) is 0 Å². The highest BCUT2D eigenvalue weighted by Gasteiger charge is 2.30. The highest BCUT2D eigenvalue weighted by Crippen LogP contribution is 2.45. The smallest absolute Gasteiger partial charge is 0.197 e. The van der Waals surface area contributed by atoms with Crippen LogP contribution in [0.5, 0.6) is 0 Å². The van der Waals surface area contributed by atoms with Crippen molar-refractivity contribution in [2.75, 3.05) is 10.2 Å². The predicted octanol–water partition coefficient (Wildman–Crippen LogP) is 13.6. The zero-order valence-electron chi connectivity index (χ0n) is 32.4. The summed E-state index contributed by atoms with van der Waals surface area (Å²) >= 11 is 1.88. The van der Waals surface area contributed by atoms with E-state index in [-0.39, 0.29) is 5.41 Å². The van der Waals surface area contributed by atoms with Crippen LogP contribution in [0.3, 0.4) is 0 Å². The minimum absolute atomic E-state index is 0.0897. The van der Waals surface area contributed by atoms with Crippen LogP contribution in [0, 0.1) is 13.8 Å². The van der Waals surface area contributed by atoms with Crippen LogP contribution in [0.4, 0.5) is 28.4 Å². The lowest BCUT2D eigenvalue weighted by molar-refractivity contribution is 0.590. The molecule has 0 amide bonds. The maximum Gasteiger partial charge on any atom is 0.197 e. The number of thiophene rings is 1. The molecule has 8 aromatic carbocycles. The van der Waals surface area contributed by atoms with Gasteiger partial charge in [-0.1, -0.05) is 135 Å². The van der Waals surface area contributed by atoms with Crippen LogP contribution in [0.1, 0.15) is 37.5 Å². The molecule has 1 aromatic heterocycles. The normalized spacial score (nSPS) is 12.5. The fraction of sp³-hybridized carbons (Fsp3) is 0.115. The van der Waals surface area contributed by atoms with Crippen molar-refractivity contribution in [1.82, 2.24) is 0 Å². The molecule has 0 atom stereocenters. The van der Waals surface area contributed by atoms with Gasteiger partial charge in [-0.15, -0.1) is 11.3 Å². The summed E-state index contributed by atoms with van der Waals surface area (Å²) < 4.78 is 2.62. The summed E-state index contributed by atoms with van der Waals surface area (Å²) in [5.74, 6) is 0. The molecule has 1 N–H and O–H groups in total. The molecule has 2 nitrogen and oxygen atoms in total. The van der Waals surface area contributed by atoms with E-state index < -0.39 is 0 Å². The largest absolute Gasteiger partial charge is 0.355 e. The average molecular weight is 738 g/mol. The Morgan fingerprint density at radius 1 is 0.571 bits per heavy atom. The summed E-state index contributed by atoms with van der Waals surface area (Å²) in [5, 5.41) is 8.94. The molecule has 0 unspecified atom stereocenters. The van der Waals surface area contributed by atoms with Gasteiger partial charge in [0.2, 0.25) is 0 Å². The molecule has 1 aliphatic rings. The van der Waals surface area contributed by atoms with Crippen LogP contribution in [-0.2, 0) is 5.41 Å². The highest BCUT2D eigenvalue weighted by molar-refractivity contribution is 7.25. The second kappa shape index (κ2) is 13.3. The highest BCUT2D eigenvalue weighted by atomic mass is 32.1. The molecule has 0 fully saturated rings. The maximum atomic E-state index is 3.88. The van der Waals surface area contributed by atoms with Gasteiger partial charge in [-0.2, -0.15) is 0 Å². The summed E-state index contributed by atoms with van der Waals surface area (Å²) in [6.07, 6.45) is 0. The third-order valence-corrected chi connectivity index (χ3v) is 12.5. The van der Waals surface area contributed by atoms with Gasteiger partial charge in [0.15, 0.2) is 7.28 Å². The molecular weight excluding hydrogens is 695 g/mol. The zero-order chi connectivity index (χ0) is 38.1. The molecule has 2 heterocycles. The molecule has 10 rings (SSSR count). The minimum atomic E-state index is 0.0897. The molecule has 1 radical (unpaired) electrons. The summed E-state index contributed by atoms with van der Waals surface area (Å²) in [6, 6.07) is 58.3. The molecule has 9 aromatic rings. The predicted molar refractivity (Wildman–Crippen MR) is 245 cm³/mol. The van der Waals surface area contributed by atoms with Gasteiger partial charge in [-0.05, 0) is 123 Å². The molecule has 0 aliphatic carbocycles. The Kier molecular flexibility index (Phi) is 8.16. The number of nitrogens with one attached hydrogen (secondary N) is 1. The number of hydrogen-bond acceptors (Lipinski definition) is 3. The van der Waals surface area contributed by atoms with Crippen LogP contribution in [0.25, 0.3) is 53.2 Å². The van der Waals surface area contributed by atoms with Crippen LogP contribution < -0.4 is 21.1 Å². The SMILES string of the molecule is Cc1cc(-c2c(Nc3ccc(C(C)(C)C)cc3)ccc3ccccc23)c2c(c1)N(c1ccc(-c3ccccc3)cc1C)c1cc3sc4ccccc4c3cc1[B]2. The lowest BCUT2D eigenvalue weighted by Crippen LogP contribution is -2.41. The summed E-state index contributed by atoms with van der Waals surface area (Å²) in [5.41, 5.74) is 16.9. The van der Waals surface area contributed by atoms with Crippen molar-refractivity contribution in [2.24, 2.45) is 0 Å². The number of aryl methyl sites for hydroxylation is 2. The number of rotatable bonds is 5. The van der Waals surface area contributed by atoms with Gasteiger partial charge < -0.3 is 10.2 Å². The standard InChI is InChI=1S/C52H42BN2S/c1-32-27-42(50-39-16-10-9-15-35(39)19-25-44(50)54-38-23-21-37(22-24-38)52(3,4)5)51-47(28-32)55(45-26-20-36(29-33(45)2)34-13-7-6-8-14-34)46-31-49-41(30-43(46)53-51)40-17-11-12-18-48(40)56-49/h6-31,54H,1-5H3. The lowest BCUT2D eigenvalue weighted by atomic mass is 9.57. The molecule has 0 spiro atoms. The number of benzene rings is 8. The molecule has 0 bridgehead atoms. The van der Waals surface area contributed by atoms with Crippen molar-refractivity contribution in [2.45, 2.75) is 40.0 Å². The van der Waals surface area contributed by atoms with Crippen molar-refractivity contribution >= 4 is 88.9 Å². The van der Waals surface area contributed by atoms with Crippen LogP contribution in [-0.4, -0.2) is 7.28 Å². The topological polar surface area (TPSA) is 15.3 Å². The number of anilines is 5. The monoisotopic (exact) mass is 737 g/mol.